The summed E-state index contributed by atoms with van der Waals surface area (Å²) >= 11 is 4.60. The molecule has 102 valence electrons. The zero-order valence-corrected chi connectivity index (χ0v) is 12.3. The van der Waals surface area contributed by atoms with E-state index in [9.17, 15) is 13.2 Å². The fourth-order valence-corrected chi connectivity index (χ4v) is 2.76. The molecule has 0 saturated carbocycles. The molecule has 0 aliphatic heterocycles. The first-order valence-electron chi connectivity index (χ1n) is 5.37. The number of nitrogens with one attached hydrogen (secondary N) is 1. The molecule has 7 heteroatoms. The number of anilines is 1. The van der Waals surface area contributed by atoms with Gasteiger partial charge >= 0.3 is 6.18 Å². The van der Waals surface area contributed by atoms with Crippen LogP contribution in [0.3, 0.4) is 0 Å². The number of alkyl halides is 3. The van der Waals surface area contributed by atoms with E-state index in [1.165, 1.54) is 11.3 Å². The van der Waals surface area contributed by atoms with Crippen LogP contribution in [0, 0.1) is 6.92 Å². The van der Waals surface area contributed by atoms with Crippen molar-refractivity contribution < 1.29 is 13.2 Å². The van der Waals surface area contributed by atoms with Crippen LogP contribution in [-0.2, 0) is 12.7 Å². The van der Waals surface area contributed by atoms with E-state index in [0.717, 1.165) is 22.0 Å². The first-order valence-corrected chi connectivity index (χ1v) is 6.98. The molecule has 0 amide bonds. The van der Waals surface area contributed by atoms with Crippen LogP contribution in [0.2, 0.25) is 0 Å². The van der Waals surface area contributed by atoms with E-state index in [2.05, 4.69) is 26.2 Å². The number of thiazole rings is 1. The molecule has 2 aromatic rings. The number of benzene rings is 1. The second-order valence-electron chi connectivity index (χ2n) is 3.93. The maximum absolute atomic E-state index is 12.7. The summed E-state index contributed by atoms with van der Waals surface area (Å²) in [5.74, 6) is 0. The molecule has 0 aliphatic rings. The summed E-state index contributed by atoms with van der Waals surface area (Å²) in [6.45, 7) is 2.34. The van der Waals surface area contributed by atoms with E-state index >= 15 is 0 Å². The van der Waals surface area contributed by atoms with Gasteiger partial charge in [0.15, 0.2) is 0 Å². The van der Waals surface area contributed by atoms with E-state index in [4.69, 9.17) is 0 Å². The quantitative estimate of drug-likeness (QED) is 0.856. The van der Waals surface area contributed by atoms with Crippen LogP contribution in [0.5, 0.6) is 0 Å². The Labute approximate surface area is 120 Å². The SMILES string of the molecule is Cc1ncc(CNc2cc(Br)cc(C(F)(F)F)c2)s1. The van der Waals surface area contributed by atoms with Gasteiger partial charge in [-0.15, -0.1) is 11.3 Å². The van der Waals surface area contributed by atoms with Gasteiger partial charge in [-0.25, -0.2) is 4.98 Å². The number of aryl methyl sites for hydroxylation is 1. The highest BCUT2D eigenvalue weighted by atomic mass is 79.9. The van der Waals surface area contributed by atoms with Crippen molar-refractivity contribution >= 4 is 33.0 Å². The van der Waals surface area contributed by atoms with Crippen molar-refractivity contribution in [2.75, 3.05) is 5.32 Å². The highest BCUT2D eigenvalue weighted by Crippen LogP contribution is 2.33. The molecule has 0 fully saturated rings. The molecule has 1 heterocycles. The summed E-state index contributed by atoms with van der Waals surface area (Å²) in [7, 11) is 0. The molecule has 0 unspecified atom stereocenters. The van der Waals surface area contributed by atoms with Crippen LogP contribution < -0.4 is 5.32 Å². The molecule has 0 aliphatic carbocycles. The second-order valence-corrected chi connectivity index (χ2v) is 6.16. The average Bonchev–Trinajstić information content (AvgIpc) is 2.71. The molecule has 2 rings (SSSR count). The van der Waals surface area contributed by atoms with Crippen LogP contribution in [0.1, 0.15) is 15.4 Å². The summed E-state index contributed by atoms with van der Waals surface area (Å²) in [4.78, 5) is 5.07. The third-order valence-corrected chi connectivity index (χ3v) is 3.73. The lowest BCUT2D eigenvalue weighted by Gasteiger charge is -2.11. The Kier molecular flexibility index (Phi) is 4.15. The smallest absolute Gasteiger partial charge is 0.380 e. The van der Waals surface area contributed by atoms with Crippen molar-refractivity contribution in [2.45, 2.75) is 19.6 Å². The topological polar surface area (TPSA) is 24.9 Å². The van der Waals surface area contributed by atoms with Crippen LogP contribution in [-0.4, -0.2) is 4.98 Å². The van der Waals surface area contributed by atoms with E-state index in [1.54, 1.807) is 12.3 Å². The second kappa shape index (κ2) is 5.50. The van der Waals surface area contributed by atoms with Gasteiger partial charge in [-0.3, -0.25) is 0 Å². The van der Waals surface area contributed by atoms with Gasteiger partial charge in [-0.05, 0) is 25.1 Å². The first-order chi connectivity index (χ1) is 8.84. The molecule has 0 saturated heterocycles. The average molecular weight is 351 g/mol. The molecule has 0 atom stereocenters. The van der Waals surface area contributed by atoms with Crippen molar-refractivity contribution in [3.8, 4) is 0 Å². The lowest BCUT2D eigenvalue weighted by molar-refractivity contribution is -0.137. The third-order valence-electron chi connectivity index (χ3n) is 2.36. The van der Waals surface area contributed by atoms with Crippen molar-refractivity contribution in [3.05, 3.63) is 44.3 Å². The van der Waals surface area contributed by atoms with Crippen molar-refractivity contribution in [2.24, 2.45) is 0 Å². The molecule has 2 nitrogen and oxygen atoms in total. The van der Waals surface area contributed by atoms with Crippen LogP contribution >= 0.6 is 27.3 Å². The standard InChI is InChI=1S/C12H10BrF3N2S/c1-7-17-5-11(19-7)6-18-10-3-8(12(14,15)16)2-9(13)4-10/h2-5,18H,6H2,1H3. The minimum Gasteiger partial charge on any atom is -0.380 e. The molecule has 1 aromatic carbocycles. The fourth-order valence-electron chi connectivity index (χ4n) is 1.53. The fraction of sp³-hybridized carbons (Fsp3) is 0.250. The summed E-state index contributed by atoms with van der Waals surface area (Å²) in [5.41, 5.74) is -0.252. The monoisotopic (exact) mass is 350 g/mol. The van der Waals surface area contributed by atoms with Gasteiger partial charge in [-0.2, -0.15) is 13.2 Å². The minimum atomic E-state index is -4.35. The maximum Gasteiger partial charge on any atom is 0.416 e. The normalized spacial score (nSPS) is 11.6. The van der Waals surface area contributed by atoms with Gasteiger partial charge in [0.25, 0.3) is 0 Å². The third kappa shape index (κ3) is 3.94. The minimum absolute atomic E-state index is 0.394. The molecule has 1 aromatic heterocycles. The Morgan fingerprint density at radius 2 is 2.05 bits per heavy atom. The number of hydrogen-bond acceptors (Lipinski definition) is 3. The van der Waals surface area contributed by atoms with Gasteiger partial charge in [0.2, 0.25) is 0 Å². The van der Waals surface area contributed by atoms with Crippen molar-refractivity contribution in [3.63, 3.8) is 0 Å². The summed E-state index contributed by atoms with van der Waals surface area (Å²) in [6.07, 6.45) is -2.63. The Hall–Kier alpha value is -1.08. The number of rotatable bonds is 3. The highest BCUT2D eigenvalue weighted by Gasteiger charge is 2.31. The number of hydrogen-bond donors (Lipinski definition) is 1. The Bertz CT molecular complexity index is 581. The van der Waals surface area contributed by atoms with E-state index in [-0.39, 0.29) is 0 Å². The molecule has 19 heavy (non-hydrogen) atoms. The van der Waals surface area contributed by atoms with Crippen LogP contribution in [0.4, 0.5) is 18.9 Å². The van der Waals surface area contributed by atoms with Gasteiger partial charge in [0.05, 0.1) is 17.1 Å². The van der Waals surface area contributed by atoms with Crippen molar-refractivity contribution in [1.29, 1.82) is 0 Å². The van der Waals surface area contributed by atoms with Gasteiger partial charge in [0.1, 0.15) is 0 Å². The van der Waals surface area contributed by atoms with E-state index < -0.39 is 11.7 Å². The molecule has 0 spiro atoms. The zero-order chi connectivity index (χ0) is 14.0. The predicted molar refractivity (Wildman–Crippen MR) is 73.3 cm³/mol. The molecule has 0 radical (unpaired) electrons. The number of halogens is 4. The Balaban J connectivity index is 2.14. The van der Waals surface area contributed by atoms with Crippen molar-refractivity contribution in [1.82, 2.24) is 4.98 Å². The van der Waals surface area contributed by atoms with E-state index in [1.807, 2.05) is 6.92 Å². The molecular weight excluding hydrogens is 341 g/mol. The zero-order valence-electron chi connectivity index (χ0n) is 9.88. The maximum atomic E-state index is 12.7. The Morgan fingerprint density at radius 3 is 2.63 bits per heavy atom. The van der Waals surface area contributed by atoms with Gasteiger partial charge in [-0.1, -0.05) is 15.9 Å². The molecular formula is C12H10BrF3N2S. The lowest BCUT2D eigenvalue weighted by Crippen LogP contribution is -2.06. The summed E-state index contributed by atoms with van der Waals surface area (Å²) in [5, 5.41) is 3.90. The van der Waals surface area contributed by atoms with E-state index in [0.29, 0.717) is 16.7 Å². The lowest BCUT2D eigenvalue weighted by atomic mass is 10.2. The van der Waals surface area contributed by atoms with Gasteiger partial charge in [0, 0.05) is 21.2 Å². The highest BCUT2D eigenvalue weighted by molar-refractivity contribution is 9.10. The predicted octanol–water partition coefficient (Wildman–Crippen LogP) is 4.84. The van der Waals surface area contributed by atoms with Gasteiger partial charge < -0.3 is 5.32 Å². The Morgan fingerprint density at radius 1 is 1.32 bits per heavy atom. The largest absolute Gasteiger partial charge is 0.416 e. The molecule has 1 N–H and O–H groups in total. The van der Waals surface area contributed by atoms with Crippen LogP contribution in [0.25, 0.3) is 0 Å². The number of aromatic nitrogens is 1. The first kappa shape index (κ1) is 14.3. The number of nitrogens with zero attached hydrogens (tertiary/aromatic N) is 1. The summed E-state index contributed by atoms with van der Waals surface area (Å²) < 4.78 is 38.4. The summed E-state index contributed by atoms with van der Waals surface area (Å²) in [6, 6.07) is 3.77. The van der Waals surface area contributed by atoms with Crippen LogP contribution in [0.15, 0.2) is 28.9 Å². The molecule has 0 bridgehead atoms.